The number of rotatable bonds is 4. The Kier molecular flexibility index (Phi) is 3.69. The number of hydrogen-bond donors (Lipinski definition) is 0. The van der Waals surface area contributed by atoms with Gasteiger partial charge in [-0.05, 0) is 24.3 Å². The molecule has 0 radical (unpaired) electrons. The largest absolute Gasteiger partial charge is 0.497 e. The molecule has 1 aromatic rings. The summed E-state index contributed by atoms with van der Waals surface area (Å²) in [6, 6.07) is 7.93. The Morgan fingerprint density at radius 2 is 1.93 bits per heavy atom. The van der Waals surface area contributed by atoms with Crippen LogP contribution >= 0.6 is 0 Å². The maximum atomic E-state index is 11.6. The summed E-state index contributed by atoms with van der Waals surface area (Å²) in [7, 11) is -1.81. The van der Waals surface area contributed by atoms with Gasteiger partial charge >= 0.3 is 0 Å². The zero-order valence-electron chi connectivity index (χ0n) is 8.30. The van der Waals surface area contributed by atoms with Crippen LogP contribution < -0.4 is 4.74 Å². The Bertz CT molecular complexity index is 456. The monoisotopic (exact) mass is 225 g/mol. The van der Waals surface area contributed by atoms with E-state index in [2.05, 4.69) is 0 Å². The number of nitrogens with zero attached hydrogens (tertiary/aromatic N) is 1. The van der Waals surface area contributed by atoms with Gasteiger partial charge in [-0.1, -0.05) is 0 Å². The molecule has 0 aromatic heterocycles. The van der Waals surface area contributed by atoms with E-state index in [1.54, 1.807) is 12.1 Å². The molecule has 0 fully saturated rings. The molecule has 1 aromatic carbocycles. The predicted molar refractivity (Wildman–Crippen MR) is 55.3 cm³/mol. The minimum atomic E-state index is -3.33. The summed E-state index contributed by atoms with van der Waals surface area (Å²) in [6.45, 7) is 0. The molecule has 15 heavy (non-hydrogen) atoms. The highest BCUT2D eigenvalue weighted by Crippen LogP contribution is 2.16. The molecule has 0 N–H and O–H groups in total. The van der Waals surface area contributed by atoms with Gasteiger partial charge in [-0.25, -0.2) is 8.42 Å². The number of hydrogen-bond acceptors (Lipinski definition) is 4. The van der Waals surface area contributed by atoms with E-state index in [0.717, 1.165) is 0 Å². The van der Waals surface area contributed by atoms with Crippen molar-refractivity contribution in [3.05, 3.63) is 24.3 Å². The van der Waals surface area contributed by atoms with E-state index in [-0.39, 0.29) is 17.1 Å². The van der Waals surface area contributed by atoms with Crippen molar-refractivity contribution in [3.8, 4) is 11.8 Å². The Balaban J connectivity index is 2.92. The van der Waals surface area contributed by atoms with Gasteiger partial charge in [0, 0.05) is 6.42 Å². The van der Waals surface area contributed by atoms with Gasteiger partial charge in [0.05, 0.1) is 23.8 Å². The van der Waals surface area contributed by atoms with Crippen LogP contribution in [0.3, 0.4) is 0 Å². The summed E-state index contributed by atoms with van der Waals surface area (Å²) in [5.41, 5.74) is 0. The Morgan fingerprint density at radius 1 is 1.33 bits per heavy atom. The summed E-state index contributed by atoms with van der Waals surface area (Å²) in [5, 5.41) is 8.32. The average Bonchev–Trinajstić information content (AvgIpc) is 2.26. The van der Waals surface area contributed by atoms with Crippen molar-refractivity contribution in [2.75, 3.05) is 12.9 Å². The molecule has 0 aliphatic rings. The number of nitriles is 1. The van der Waals surface area contributed by atoms with Crippen molar-refractivity contribution < 1.29 is 13.2 Å². The van der Waals surface area contributed by atoms with Gasteiger partial charge in [0.15, 0.2) is 9.84 Å². The molecule has 1 rings (SSSR count). The number of sulfone groups is 1. The Labute approximate surface area is 89.0 Å². The first-order valence-corrected chi connectivity index (χ1v) is 5.99. The van der Waals surface area contributed by atoms with Crippen LogP contribution in [0.15, 0.2) is 29.2 Å². The second-order valence-electron chi connectivity index (χ2n) is 2.90. The fourth-order valence-corrected chi connectivity index (χ4v) is 2.23. The smallest absolute Gasteiger partial charge is 0.179 e. The number of ether oxygens (including phenoxy) is 1. The van der Waals surface area contributed by atoms with Crippen LogP contribution in [0.2, 0.25) is 0 Å². The first kappa shape index (κ1) is 11.5. The molecule has 0 heterocycles. The van der Waals surface area contributed by atoms with E-state index in [1.165, 1.54) is 19.2 Å². The second kappa shape index (κ2) is 4.80. The van der Waals surface area contributed by atoms with Crippen molar-refractivity contribution in [3.63, 3.8) is 0 Å². The van der Waals surface area contributed by atoms with Crippen LogP contribution in [-0.4, -0.2) is 21.3 Å². The SMILES string of the molecule is COc1ccc(S(=O)(=O)CCC#N)cc1. The average molecular weight is 225 g/mol. The highest BCUT2D eigenvalue weighted by Gasteiger charge is 2.13. The molecular weight excluding hydrogens is 214 g/mol. The number of methoxy groups -OCH3 is 1. The van der Waals surface area contributed by atoms with Crippen molar-refractivity contribution in [2.45, 2.75) is 11.3 Å². The summed E-state index contributed by atoms with van der Waals surface area (Å²) >= 11 is 0. The van der Waals surface area contributed by atoms with Crippen LogP contribution in [0.4, 0.5) is 0 Å². The van der Waals surface area contributed by atoms with E-state index < -0.39 is 9.84 Å². The van der Waals surface area contributed by atoms with Gasteiger partial charge in [-0.3, -0.25) is 0 Å². The molecule has 80 valence electrons. The Morgan fingerprint density at radius 3 is 2.40 bits per heavy atom. The van der Waals surface area contributed by atoms with Crippen molar-refractivity contribution >= 4 is 9.84 Å². The summed E-state index contributed by atoms with van der Waals surface area (Å²) in [6.07, 6.45) is 0.00830. The summed E-state index contributed by atoms with van der Waals surface area (Å²) in [4.78, 5) is 0.221. The molecule has 5 heteroatoms. The third-order valence-corrected chi connectivity index (χ3v) is 3.63. The molecule has 0 amide bonds. The fraction of sp³-hybridized carbons (Fsp3) is 0.300. The molecule has 0 unspecified atom stereocenters. The molecule has 0 bridgehead atoms. The predicted octanol–water partition coefficient (Wildman–Crippen LogP) is 1.38. The molecule has 4 nitrogen and oxygen atoms in total. The zero-order valence-corrected chi connectivity index (χ0v) is 9.12. The first-order chi connectivity index (χ1) is 7.10. The van der Waals surface area contributed by atoms with Gasteiger partial charge in [0.1, 0.15) is 5.75 Å². The van der Waals surface area contributed by atoms with E-state index >= 15 is 0 Å². The van der Waals surface area contributed by atoms with Gasteiger partial charge in [-0.15, -0.1) is 0 Å². The second-order valence-corrected chi connectivity index (χ2v) is 5.01. The van der Waals surface area contributed by atoms with Gasteiger partial charge < -0.3 is 4.74 Å². The molecule has 0 saturated carbocycles. The molecular formula is C10H11NO3S. The summed E-state index contributed by atoms with van der Waals surface area (Å²) in [5.74, 6) is 0.463. The normalized spacial score (nSPS) is 10.7. The number of benzene rings is 1. The lowest BCUT2D eigenvalue weighted by atomic mass is 10.3. The lowest BCUT2D eigenvalue weighted by Crippen LogP contribution is -2.05. The van der Waals surface area contributed by atoms with E-state index in [9.17, 15) is 8.42 Å². The van der Waals surface area contributed by atoms with E-state index in [0.29, 0.717) is 5.75 Å². The van der Waals surface area contributed by atoms with E-state index in [1.807, 2.05) is 6.07 Å². The molecule has 0 spiro atoms. The fourth-order valence-electron chi connectivity index (χ4n) is 1.08. The maximum Gasteiger partial charge on any atom is 0.179 e. The van der Waals surface area contributed by atoms with Gasteiger partial charge in [-0.2, -0.15) is 5.26 Å². The topological polar surface area (TPSA) is 67.2 Å². The summed E-state index contributed by atoms with van der Waals surface area (Å²) < 4.78 is 28.1. The van der Waals surface area contributed by atoms with Crippen molar-refractivity contribution in [1.29, 1.82) is 5.26 Å². The zero-order chi connectivity index (χ0) is 11.3. The lowest BCUT2D eigenvalue weighted by Gasteiger charge is -2.03. The third kappa shape index (κ3) is 2.96. The standard InChI is InChI=1S/C10H11NO3S/c1-14-9-3-5-10(6-4-9)15(12,13)8-2-7-11/h3-6H,2,8H2,1H3. The molecule has 0 saturated heterocycles. The quantitative estimate of drug-likeness (QED) is 0.776. The van der Waals surface area contributed by atoms with Crippen LogP contribution in [0, 0.1) is 11.3 Å². The van der Waals surface area contributed by atoms with Crippen molar-refractivity contribution in [2.24, 2.45) is 0 Å². The van der Waals surface area contributed by atoms with Gasteiger partial charge in [0.25, 0.3) is 0 Å². The molecule has 0 aliphatic carbocycles. The van der Waals surface area contributed by atoms with Crippen LogP contribution in [0.5, 0.6) is 5.75 Å². The van der Waals surface area contributed by atoms with Gasteiger partial charge in [0.2, 0.25) is 0 Å². The Hall–Kier alpha value is -1.54. The molecule has 0 atom stereocenters. The first-order valence-electron chi connectivity index (χ1n) is 4.34. The maximum absolute atomic E-state index is 11.6. The highest BCUT2D eigenvalue weighted by molar-refractivity contribution is 7.91. The van der Waals surface area contributed by atoms with Crippen LogP contribution in [0.1, 0.15) is 6.42 Å². The van der Waals surface area contributed by atoms with E-state index in [4.69, 9.17) is 10.00 Å². The molecule has 0 aliphatic heterocycles. The van der Waals surface area contributed by atoms with Crippen LogP contribution in [-0.2, 0) is 9.84 Å². The lowest BCUT2D eigenvalue weighted by molar-refractivity contribution is 0.414. The van der Waals surface area contributed by atoms with Crippen molar-refractivity contribution in [1.82, 2.24) is 0 Å². The highest BCUT2D eigenvalue weighted by atomic mass is 32.2. The minimum Gasteiger partial charge on any atom is -0.497 e. The minimum absolute atomic E-state index is 0.00830. The third-order valence-electron chi connectivity index (χ3n) is 1.90. The van der Waals surface area contributed by atoms with Crippen LogP contribution in [0.25, 0.3) is 0 Å².